The average Bonchev–Trinajstić information content (AvgIpc) is 2.98. The molecule has 96 valence electrons. The summed E-state index contributed by atoms with van der Waals surface area (Å²) in [5.74, 6) is 1.63. The van der Waals surface area contributed by atoms with E-state index in [1.54, 1.807) is 23.0 Å². The molecule has 0 amide bonds. The Morgan fingerprint density at radius 1 is 1.21 bits per heavy atom. The highest BCUT2D eigenvalue weighted by Gasteiger charge is 2.09. The minimum atomic E-state index is 0.736. The first-order valence-corrected chi connectivity index (χ1v) is 7.16. The lowest BCUT2D eigenvalue weighted by Gasteiger charge is -2.09. The Balaban J connectivity index is 2.15. The van der Waals surface area contributed by atoms with Gasteiger partial charge in [0.05, 0.1) is 15.9 Å². The zero-order chi connectivity index (χ0) is 13.1. The molecule has 0 bridgehead atoms. The second kappa shape index (κ2) is 5.32. The van der Waals surface area contributed by atoms with E-state index in [1.165, 1.54) is 0 Å². The highest BCUT2D eigenvalue weighted by Crippen LogP contribution is 2.26. The molecule has 0 saturated heterocycles. The summed E-state index contributed by atoms with van der Waals surface area (Å²) in [6, 6.07) is 8.06. The molecule has 2 heterocycles. The van der Waals surface area contributed by atoms with E-state index >= 15 is 0 Å². The van der Waals surface area contributed by atoms with Crippen molar-refractivity contribution >= 4 is 28.1 Å². The van der Waals surface area contributed by atoms with Gasteiger partial charge in [0, 0.05) is 18.1 Å². The van der Waals surface area contributed by atoms with Crippen LogP contribution in [0.25, 0.3) is 21.6 Å². The maximum Gasteiger partial charge on any atom is 0.173 e. The Labute approximate surface area is 115 Å². The molecule has 1 aromatic carbocycles. The maximum absolute atomic E-state index is 4.63. The van der Waals surface area contributed by atoms with Gasteiger partial charge in [-0.1, -0.05) is 19.1 Å². The number of fused-ring (bicyclic) bond motifs is 1. The molecule has 0 spiro atoms. The van der Waals surface area contributed by atoms with Crippen LogP contribution in [0.1, 0.15) is 13.3 Å². The van der Waals surface area contributed by atoms with E-state index in [2.05, 4.69) is 27.2 Å². The minimum absolute atomic E-state index is 0.736. The van der Waals surface area contributed by atoms with Crippen molar-refractivity contribution in [2.24, 2.45) is 0 Å². The fourth-order valence-electron chi connectivity index (χ4n) is 1.89. The third-order valence-corrected chi connectivity index (χ3v) is 3.57. The van der Waals surface area contributed by atoms with Gasteiger partial charge in [0.15, 0.2) is 5.82 Å². The smallest absolute Gasteiger partial charge is 0.173 e. The summed E-state index contributed by atoms with van der Waals surface area (Å²) in [5, 5.41) is 4.43. The van der Waals surface area contributed by atoms with Crippen molar-refractivity contribution in [2.45, 2.75) is 13.3 Å². The lowest BCUT2D eigenvalue weighted by Crippen LogP contribution is -2.04. The number of anilines is 1. The Morgan fingerprint density at radius 2 is 2.11 bits per heavy atom. The molecule has 3 aromatic rings. The monoisotopic (exact) mass is 270 g/mol. The van der Waals surface area contributed by atoms with Crippen LogP contribution in [-0.4, -0.2) is 21.5 Å². The summed E-state index contributed by atoms with van der Waals surface area (Å²) in [6.45, 7) is 3.05. The largest absolute Gasteiger partial charge is 0.369 e. The zero-order valence-electron chi connectivity index (χ0n) is 10.6. The predicted octanol–water partition coefficient (Wildman–Crippen LogP) is 3.58. The Kier molecular flexibility index (Phi) is 3.37. The number of aromatic nitrogens is 3. The van der Waals surface area contributed by atoms with Crippen LogP contribution in [0, 0.1) is 0 Å². The van der Waals surface area contributed by atoms with Crippen LogP contribution in [0.15, 0.2) is 36.0 Å². The number of rotatable bonds is 4. The van der Waals surface area contributed by atoms with E-state index in [4.69, 9.17) is 0 Å². The Bertz CT molecular complexity index is 679. The van der Waals surface area contributed by atoms with Crippen LogP contribution < -0.4 is 5.32 Å². The first kappa shape index (κ1) is 12.0. The number of nitrogens with zero attached hydrogens (tertiary/aromatic N) is 3. The van der Waals surface area contributed by atoms with Crippen LogP contribution in [0.4, 0.5) is 5.82 Å². The second-order valence-electron chi connectivity index (χ2n) is 4.21. The molecule has 0 atom stereocenters. The summed E-state index contributed by atoms with van der Waals surface area (Å²) in [6.07, 6.45) is 2.87. The molecule has 3 rings (SSSR count). The van der Waals surface area contributed by atoms with Gasteiger partial charge in [-0.15, -0.1) is 11.3 Å². The SMILES string of the molecule is CCCNc1nc(-c2cncs2)nc2ccccc12. The van der Waals surface area contributed by atoms with Crippen molar-refractivity contribution in [3.8, 4) is 10.7 Å². The lowest BCUT2D eigenvalue weighted by molar-refractivity contribution is 0.970. The number of hydrogen-bond acceptors (Lipinski definition) is 5. The van der Waals surface area contributed by atoms with Crippen molar-refractivity contribution < 1.29 is 0 Å². The number of hydrogen-bond donors (Lipinski definition) is 1. The van der Waals surface area contributed by atoms with Crippen LogP contribution >= 0.6 is 11.3 Å². The summed E-state index contributed by atoms with van der Waals surface area (Å²) in [5.41, 5.74) is 2.76. The van der Waals surface area contributed by atoms with Crippen LogP contribution in [0.5, 0.6) is 0 Å². The Hall–Kier alpha value is -2.01. The number of nitrogens with one attached hydrogen (secondary N) is 1. The van der Waals surface area contributed by atoms with E-state index in [1.807, 2.05) is 24.3 Å². The predicted molar refractivity (Wildman–Crippen MR) is 79.4 cm³/mol. The maximum atomic E-state index is 4.63. The quantitative estimate of drug-likeness (QED) is 0.787. The van der Waals surface area contributed by atoms with Gasteiger partial charge in [0.1, 0.15) is 5.82 Å². The summed E-state index contributed by atoms with van der Waals surface area (Å²) < 4.78 is 0. The van der Waals surface area contributed by atoms with Gasteiger partial charge in [0.25, 0.3) is 0 Å². The molecule has 2 aromatic heterocycles. The van der Waals surface area contributed by atoms with Gasteiger partial charge in [0.2, 0.25) is 0 Å². The lowest BCUT2D eigenvalue weighted by atomic mass is 10.2. The number of thiazole rings is 1. The molecule has 19 heavy (non-hydrogen) atoms. The molecule has 0 fully saturated rings. The van der Waals surface area contributed by atoms with Crippen LogP contribution in [0.3, 0.4) is 0 Å². The molecule has 1 N–H and O–H groups in total. The molecule has 0 radical (unpaired) electrons. The summed E-state index contributed by atoms with van der Waals surface area (Å²) in [7, 11) is 0. The molecule has 4 nitrogen and oxygen atoms in total. The fourth-order valence-corrected chi connectivity index (χ4v) is 2.44. The van der Waals surface area contributed by atoms with Gasteiger partial charge in [-0.2, -0.15) is 0 Å². The first-order chi connectivity index (χ1) is 9.38. The molecule has 0 saturated carbocycles. The van der Waals surface area contributed by atoms with E-state index in [0.29, 0.717) is 0 Å². The minimum Gasteiger partial charge on any atom is -0.369 e. The summed E-state index contributed by atoms with van der Waals surface area (Å²) in [4.78, 5) is 14.3. The second-order valence-corrected chi connectivity index (χ2v) is 5.09. The fraction of sp³-hybridized carbons (Fsp3) is 0.214. The van der Waals surface area contributed by atoms with E-state index in [9.17, 15) is 0 Å². The average molecular weight is 270 g/mol. The van der Waals surface area contributed by atoms with E-state index in [0.717, 1.165) is 40.4 Å². The third-order valence-electron chi connectivity index (χ3n) is 2.80. The zero-order valence-corrected chi connectivity index (χ0v) is 11.4. The van der Waals surface area contributed by atoms with Crippen molar-refractivity contribution in [1.82, 2.24) is 15.0 Å². The standard InChI is InChI=1S/C14H14N4S/c1-2-7-16-13-10-5-3-4-6-11(10)17-14(18-13)12-8-15-9-19-12/h3-6,8-9H,2,7H2,1H3,(H,16,17,18). The van der Waals surface area contributed by atoms with Crippen molar-refractivity contribution in [1.29, 1.82) is 0 Å². The molecule has 0 aliphatic heterocycles. The molecular formula is C14H14N4S. The summed E-state index contributed by atoms with van der Waals surface area (Å²) >= 11 is 1.55. The van der Waals surface area contributed by atoms with Crippen LogP contribution in [-0.2, 0) is 0 Å². The van der Waals surface area contributed by atoms with E-state index < -0.39 is 0 Å². The number of para-hydroxylation sites is 1. The third kappa shape index (κ3) is 2.42. The molecule has 5 heteroatoms. The van der Waals surface area contributed by atoms with Gasteiger partial charge >= 0.3 is 0 Å². The molecular weight excluding hydrogens is 256 g/mol. The van der Waals surface area contributed by atoms with Crippen molar-refractivity contribution in [2.75, 3.05) is 11.9 Å². The molecule has 0 aliphatic carbocycles. The Morgan fingerprint density at radius 3 is 2.89 bits per heavy atom. The van der Waals surface area contributed by atoms with Gasteiger partial charge < -0.3 is 5.32 Å². The normalized spacial score (nSPS) is 10.8. The number of benzene rings is 1. The topological polar surface area (TPSA) is 50.7 Å². The first-order valence-electron chi connectivity index (χ1n) is 6.28. The van der Waals surface area contributed by atoms with Gasteiger partial charge in [-0.25, -0.2) is 9.97 Å². The van der Waals surface area contributed by atoms with Gasteiger partial charge in [-0.05, 0) is 18.6 Å². The highest BCUT2D eigenvalue weighted by atomic mass is 32.1. The molecule has 0 unspecified atom stereocenters. The van der Waals surface area contributed by atoms with Gasteiger partial charge in [-0.3, -0.25) is 4.98 Å². The van der Waals surface area contributed by atoms with Crippen molar-refractivity contribution in [3.05, 3.63) is 36.0 Å². The highest BCUT2D eigenvalue weighted by molar-refractivity contribution is 7.13. The van der Waals surface area contributed by atoms with E-state index in [-0.39, 0.29) is 0 Å². The molecule has 0 aliphatic rings. The van der Waals surface area contributed by atoms with Crippen LogP contribution in [0.2, 0.25) is 0 Å². The van der Waals surface area contributed by atoms with Crippen molar-refractivity contribution in [3.63, 3.8) is 0 Å².